The Morgan fingerprint density at radius 3 is 2.73 bits per heavy atom. The van der Waals surface area contributed by atoms with Crippen LogP contribution in [0.25, 0.3) is 0 Å². The first-order valence-corrected chi connectivity index (χ1v) is 9.10. The van der Waals surface area contributed by atoms with Crippen LogP contribution in [0.1, 0.15) is 30.9 Å². The fourth-order valence-corrected chi connectivity index (χ4v) is 2.61. The Kier molecular flexibility index (Phi) is 6.24. The van der Waals surface area contributed by atoms with Crippen LogP contribution in [0, 0.1) is 0 Å². The third kappa shape index (κ3) is 5.61. The Morgan fingerprint density at radius 1 is 1.23 bits per heavy atom. The molecule has 1 aliphatic rings. The third-order valence-corrected chi connectivity index (χ3v) is 4.12. The summed E-state index contributed by atoms with van der Waals surface area (Å²) in [4.78, 5) is 16.5. The number of nitrogens with zero attached hydrogens (tertiary/aromatic N) is 3. The van der Waals surface area contributed by atoms with Crippen LogP contribution in [0.15, 0.2) is 47.7 Å². The molecular weight excluding hydrogens is 328 g/mol. The van der Waals surface area contributed by atoms with Crippen molar-refractivity contribution in [3.05, 3.63) is 53.9 Å². The lowest BCUT2D eigenvalue weighted by atomic mass is 10.1. The highest BCUT2D eigenvalue weighted by Crippen LogP contribution is 2.18. The molecule has 0 radical (unpaired) electrons. The summed E-state index contributed by atoms with van der Waals surface area (Å²) in [7, 11) is 0. The number of carbonyl (C=O) groups excluding carboxylic acids is 1. The van der Waals surface area contributed by atoms with E-state index < -0.39 is 0 Å². The number of hydrogen-bond donors (Lipinski definition) is 3. The fourth-order valence-electron chi connectivity index (χ4n) is 2.61. The molecule has 7 heteroatoms. The number of aromatic nitrogens is 2. The van der Waals surface area contributed by atoms with Crippen LogP contribution in [-0.4, -0.2) is 40.8 Å². The van der Waals surface area contributed by atoms with E-state index in [1.54, 1.807) is 6.20 Å². The molecule has 1 heterocycles. The molecule has 1 aromatic carbocycles. The van der Waals surface area contributed by atoms with E-state index >= 15 is 0 Å². The van der Waals surface area contributed by atoms with Crippen LogP contribution in [0.2, 0.25) is 0 Å². The summed E-state index contributed by atoms with van der Waals surface area (Å²) in [5, 5.41) is 13.5. The molecule has 0 spiro atoms. The smallest absolute Gasteiger partial charge is 0.239 e. The Hall–Kier alpha value is -2.83. The molecule has 0 atom stereocenters. The van der Waals surface area contributed by atoms with Gasteiger partial charge in [-0.2, -0.15) is 5.10 Å². The fraction of sp³-hybridized carbons (Fsp3) is 0.421. The third-order valence-electron chi connectivity index (χ3n) is 4.12. The highest BCUT2D eigenvalue weighted by molar-refractivity contribution is 5.86. The number of benzene rings is 1. The van der Waals surface area contributed by atoms with E-state index in [0.29, 0.717) is 25.1 Å². The van der Waals surface area contributed by atoms with Crippen LogP contribution < -0.4 is 16.0 Å². The van der Waals surface area contributed by atoms with Crippen LogP contribution >= 0.6 is 0 Å². The molecular formula is C19H26N6O. The lowest BCUT2D eigenvalue weighted by molar-refractivity contribution is -0.120. The van der Waals surface area contributed by atoms with Crippen LogP contribution in [0.4, 0.5) is 0 Å². The van der Waals surface area contributed by atoms with E-state index in [0.717, 1.165) is 24.9 Å². The van der Waals surface area contributed by atoms with Crippen molar-refractivity contribution >= 4 is 11.9 Å². The van der Waals surface area contributed by atoms with Crippen molar-refractivity contribution in [2.75, 3.05) is 13.1 Å². The average molecular weight is 354 g/mol. The Morgan fingerprint density at radius 2 is 2.04 bits per heavy atom. The van der Waals surface area contributed by atoms with E-state index in [-0.39, 0.29) is 12.5 Å². The highest BCUT2D eigenvalue weighted by atomic mass is 16.2. The number of rotatable bonds is 8. The van der Waals surface area contributed by atoms with Gasteiger partial charge >= 0.3 is 0 Å². The molecule has 3 rings (SSSR count). The largest absolute Gasteiger partial charge is 0.357 e. The van der Waals surface area contributed by atoms with Gasteiger partial charge in [-0.1, -0.05) is 24.3 Å². The zero-order valence-electron chi connectivity index (χ0n) is 15.1. The van der Waals surface area contributed by atoms with Crippen molar-refractivity contribution in [2.24, 2.45) is 4.99 Å². The van der Waals surface area contributed by atoms with E-state index in [1.807, 2.05) is 36.0 Å². The highest BCUT2D eigenvalue weighted by Gasteiger charge is 2.22. The van der Waals surface area contributed by atoms with Gasteiger partial charge in [0.05, 0.1) is 19.6 Å². The van der Waals surface area contributed by atoms with Gasteiger partial charge < -0.3 is 16.0 Å². The van der Waals surface area contributed by atoms with Gasteiger partial charge in [0.1, 0.15) is 0 Å². The quantitative estimate of drug-likeness (QED) is 0.492. The van der Waals surface area contributed by atoms with Gasteiger partial charge in [-0.15, -0.1) is 0 Å². The Labute approximate surface area is 153 Å². The van der Waals surface area contributed by atoms with Gasteiger partial charge in [-0.3, -0.25) is 9.48 Å². The average Bonchev–Trinajstić information content (AvgIpc) is 3.30. The maximum atomic E-state index is 11.8. The first kappa shape index (κ1) is 18.0. The topological polar surface area (TPSA) is 83.3 Å². The zero-order chi connectivity index (χ0) is 18.2. The van der Waals surface area contributed by atoms with Crippen molar-refractivity contribution in [3.8, 4) is 0 Å². The number of carbonyl (C=O) groups is 1. The van der Waals surface area contributed by atoms with Crippen LogP contribution in [0.5, 0.6) is 0 Å². The van der Waals surface area contributed by atoms with Crippen LogP contribution in [0.3, 0.4) is 0 Å². The molecule has 1 amide bonds. The van der Waals surface area contributed by atoms with Gasteiger partial charge in [-0.05, 0) is 37.0 Å². The van der Waals surface area contributed by atoms with E-state index in [2.05, 4.69) is 38.2 Å². The van der Waals surface area contributed by atoms with Crippen LogP contribution in [-0.2, 0) is 17.9 Å². The second-order valence-corrected chi connectivity index (χ2v) is 6.36. The summed E-state index contributed by atoms with van der Waals surface area (Å²) in [6, 6.07) is 10.5. The Balaban J connectivity index is 1.60. The first-order chi connectivity index (χ1) is 12.7. The standard InChI is InChI=1S/C19H26N6O/c1-2-20-19(22-13-18(26)24-17-8-9-17)21-12-15-6-3-4-7-16(15)14-25-11-5-10-23-25/h3-7,10-11,17H,2,8-9,12-14H2,1H3,(H,24,26)(H2,20,21,22). The molecule has 0 aliphatic heterocycles. The van der Waals surface area contributed by atoms with E-state index in [9.17, 15) is 4.79 Å². The summed E-state index contributed by atoms with van der Waals surface area (Å²) in [6.07, 6.45) is 5.91. The minimum absolute atomic E-state index is 0.0113. The van der Waals surface area contributed by atoms with Crippen molar-refractivity contribution in [3.63, 3.8) is 0 Å². The van der Waals surface area contributed by atoms with E-state index in [4.69, 9.17) is 0 Å². The lowest BCUT2D eigenvalue weighted by Gasteiger charge is -2.12. The van der Waals surface area contributed by atoms with Gasteiger partial charge in [0.15, 0.2) is 5.96 Å². The molecule has 0 unspecified atom stereocenters. The molecule has 1 aromatic heterocycles. The predicted molar refractivity (Wildman–Crippen MR) is 102 cm³/mol. The second kappa shape index (κ2) is 9.03. The van der Waals surface area contributed by atoms with Crippen molar-refractivity contribution in [1.82, 2.24) is 25.7 Å². The minimum atomic E-state index is 0.0113. The van der Waals surface area contributed by atoms with E-state index in [1.165, 1.54) is 5.56 Å². The number of amides is 1. The molecule has 3 N–H and O–H groups in total. The number of aliphatic imine (C=N–C) groups is 1. The molecule has 0 saturated heterocycles. The normalized spacial score (nSPS) is 14.1. The molecule has 7 nitrogen and oxygen atoms in total. The molecule has 1 fully saturated rings. The van der Waals surface area contributed by atoms with Crippen molar-refractivity contribution in [2.45, 2.75) is 38.9 Å². The second-order valence-electron chi connectivity index (χ2n) is 6.36. The molecule has 2 aromatic rings. The summed E-state index contributed by atoms with van der Waals surface area (Å²) in [6.45, 7) is 4.24. The number of nitrogens with one attached hydrogen (secondary N) is 3. The summed E-state index contributed by atoms with van der Waals surface area (Å²) in [5.41, 5.74) is 2.32. The maximum absolute atomic E-state index is 11.8. The molecule has 0 bridgehead atoms. The summed E-state index contributed by atoms with van der Waals surface area (Å²) < 4.78 is 1.90. The SMILES string of the molecule is CCNC(=NCc1ccccc1Cn1cccn1)NCC(=O)NC1CC1. The lowest BCUT2D eigenvalue weighted by Crippen LogP contribution is -2.43. The van der Waals surface area contributed by atoms with Gasteiger partial charge in [0.2, 0.25) is 5.91 Å². The zero-order valence-corrected chi connectivity index (χ0v) is 15.1. The van der Waals surface area contributed by atoms with Crippen molar-refractivity contribution in [1.29, 1.82) is 0 Å². The maximum Gasteiger partial charge on any atom is 0.239 e. The summed E-state index contributed by atoms with van der Waals surface area (Å²) in [5.74, 6) is 0.657. The van der Waals surface area contributed by atoms with Crippen molar-refractivity contribution < 1.29 is 4.79 Å². The summed E-state index contributed by atoms with van der Waals surface area (Å²) >= 11 is 0. The molecule has 1 aliphatic carbocycles. The molecule has 1 saturated carbocycles. The first-order valence-electron chi connectivity index (χ1n) is 9.10. The molecule has 138 valence electrons. The van der Waals surface area contributed by atoms with Gasteiger partial charge in [-0.25, -0.2) is 4.99 Å². The number of hydrogen-bond acceptors (Lipinski definition) is 3. The number of guanidine groups is 1. The predicted octanol–water partition coefficient (Wildman–Crippen LogP) is 1.27. The van der Waals surface area contributed by atoms with Gasteiger partial charge in [0.25, 0.3) is 0 Å². The molecule has 26 heavy (non-hydrogen) atoms. The Bertz CT molecular complexity index is 736. The minimum Gasteiger partial charge on any atom is -0.357 e. The monoisotopic (exact) mass is 354 g/mol. The van der Waals surface area contributed by atoms with Gasteiger partial charge in [0, 0.05) is 25.0 Å².